The van der Waals surface area contributed by atoms with Gasteiger partial charge in [0.05, 0.1) is 22.7 Å². The van der Waals surface area contributed by atoms with Gasteiger partial charge in [0.1, 0.15) is 17.6 Å². The van der Waals surface area contributed by atoms with Crippen LogP contribution in [0.25, 0.3) is 33.5 Å². The molecule has 3 aromatic carbocycles. The first-order chi connectivity index (χ1) is 13.2. The van der Waals surface area contributed by atoms with Crippen LogP contribution in [0.15, 0.2) is 60.7 Å². The molecule has 0 amide bonds. The number of aromatic nitrogens is 2. The summed E-state index contributed by atoms with van der Waals surface area (Å²) in [4.78, 5) is 7.80. The maximum atomic E-state index is 9.79. The van der Waals surface area contributed by atoms with E-state index in [-0.39, 0.29) is 6.10 Å². The molecule has 0 fully saturated rings. The Labute approximate surface area is 157 Å². The number of benzene rings is 3. The van der Waals surface area contributed by atoms with Crippen molar-refractivity contribution in [3.63, 3.8) is 0 Å². The Morgan fingerprint density at radius 1 is 1.07 bits per heavy atom. The Morgan fingerprint density at radius 3 is 2.63 bits per heavy atom. The van der Waals surface area contributed by atoms with E-state index in [0.29, 0.717) is 11.4 Å². The maximum Gasteiger partial charge on any atom is 0.149 e. The number of nitriles is 1. The lowest BCUT2D eigenvalue weighted by Gasteiger charge is -2.15. The first-order valence-corrected chi connectivity index (χ1v) is 8.91. The van der Waals surface area contributed by atoms with Gasteiger partial charge in [0.15, 0.2) is 0 Å². The second kappa shape index (κ2) is 6.97. The zero-order chi connectivity index (χ0) is 18.8. The fourth-order valence-electron chi connectivity index (χ4n) is 3.16. The van der Waals surface area contributed by atoms with Gasteiger partial charge in [0.2, 0.25) is 0 Å². The predicted molar refractivity (Wildman–Crippen MR) is 109 cm³/mol. The fraction of sp³-hybridized carbons (Fsp3) is 0.130. The van der Waals surface area contributed by atoms with Crippen LogP contribution < -0.4 is 4.74 Å². The number of fused-ring (bicyclic) bond motifs is 2. The Balaban J connectivity index is 1.92. The summed E-state index contributed by atoms with van der Waals surface area (Å²) >= 11 is 0. The summed E-state index contributed by atoms with van der Waals surface area (Å²) in [5.41, 5.74) is 3.10. The van der Waals surface area contributed by atoms with E-state index in [9.17, 15) is 5.26 Å². The minimum atomic E-state index is 0.0371. The molecule has 0 saturated carbocycles. The van der Waals surface area contributed by atoms with E-state index in [2.05, 4.69) is 22.1 Å². The van der Waals surface area contributed by atoms with Crippen molar-refractivity contribution in [1.29, 1.82) is 5.26 Å². The molecule has 132 valence electrons. The summed E-state index contributed by atoms with van der Waals surface area (Å²) in [6.45, 7) is 3.99. The number of hydrogen-bond donors (Lipinski definition) is 1. The second-order valence-corrected chi connectivity index (χ2v) is 6.64. The standard InChI is InChI=1S/C23H19N3O/c1-15(2)27-22-12-11-16-7-3-4-8-18(16)19(22)13-17(14-24)23-25-20-9-5-6-10-21(20)26-23/h3-13,15H,1-2H3,(H,25,26)/b17-13+. The average Bonchev–Trinajstić information content (AvgIpc) is 3.10. The molecule has 4 heteroatoms. The van der Waals surface area contributed by atoms with Crippen LogP contribution in [0.5, 0.6) is 5.75 Å². The lowest BCUT2D eigenvalue weighted by molar-refractivity contribution is 0.242. The third-order valence-electron chi connectivity index (χ3n) is 4.35. The smallest absolute Gasteiger partial charge is 0.149 e. The number of hydrogen-bond acceptors (Lipinski definition) is 3. The third kappa shape index (κ3) is 3.28. The van der Waals surface area contributed by atoms with E-state index < -0.39 is 0 Å². The van der Waals surface area contributed by atoms with E-state index in [1.54, 1.807) is 0 Å². The average molecular weight is 353 g/mol. The van der Waals surface area contributed by atoms with Crippen molar-refractivity contribution in [2.24, 2.45) is 0 Å². The largest absolute Gasteiger partial charge is 0.490 e. The van der Waals surface area contributed by atoms with Crippen molar-refractivity contribution in [2.75, 3.05) is 0 Å². The van der Waals surface area contributed by atoms with Gasteiger partial charge in [-0.15, -0.1) is 0 Å². The van der Waals surface area contributed by atoms with Crippen LogP contribution >= 0.6 is 0 Å². The number of aromatic amines is 1. The van der Waals surface area contributed by atoms with E-state index in [1.807, 2.05) is 74.5 Å². The van der Waals surface area contributed by atoms with E-state index >= 15 is 0 Å². The molecule has 27 heavy (non-hydrogen) atoms. The van der Waals surface area contributed by atoms with Gasteiger partial charge >= 0.3 is 0 Å². The van der Waals surface area contributed by atoms with Gasteiger partial charge in [0.25, 0.3) is 0 Å². The molecule has 0 saturated heterocycles. The van der Waals surface area contributed by atoms with Crippen molar-refractivity contribution in [1.82, 2.24) is 9.97 Å². The highest BCUT2D eigenvalue weighted by Gasteiger charge is 2.13. The minimum Gasteiger partial charge on any atom is -0.490 e. The molecule has 4 nitrogen and oxygen atoms in total. The molecule has 1 heterocycles. The number of rotatable bonds is 4. The molecular weight excluding hydrogens is 334 g/mol. The van der Waals surface area contributed by atoms with Crippen LogP contribution in [0, 0.1) is 11.3 Å². The number of para-hydroxylation sites is 2. The van der Waals surface area contributed by atoms with Gasteiger partial charge in [-0.3, -0.25) is 0 Å². The Bertz CT molecular complexity index is 1160. The van der Waals surface area contributed by atoms with Gasteiger partial charge in [-0.05, 0) is 48.9 Å². The lowest BCUT2D eigenvalue weighted by Crippen LogP contribution is -2.06. The molecule has 1 aromatic heterocycles. The summed E-state index contributed by atoms with van der Waals surface area (Å²) < 4.78 is 6.01. The van der Waals surface area contributed by atoms with Crippen molar-refractivity contribution >= 4 is 33.5 Å². The van der Waals surface area contributed by atoms with Gasteiger partial charge in [-0.25, -0.2) is 4.98 Å². The fourth-order valence-corrected chi connectivity index (χ4v) is 3.16. The number of nitrogens with zero attached hydrogens (tertiary/aromatic N) is 2. The molecule has 0 radical (unpaired) electrons. The van der Waals surface area contributed by atoms with Crippen molar-refractivity contribution in [3.8, 4) is 11.8 Å². The monoisotopic (exact) mass is 353 g/mol. The molecule has 0 aliphatic carbocycles. The minimum absolute atomic E-state index is 0.0371. The highest BCUT2D eigenvalue weighted by molar-refractivity contribution is 6.00. The number of ether oxygens (including phenoxy) is 1. The number of imidazole rings is 1. The highest BCUT2D eigenvalue weighted by atomic mass is 16.5. The predicted octanol–water partition coefficient (Wildman–Crippen LogP) is 5.57. The second-order valence-electron chi connectivity index (χ2n) is 6.64. The van der Waals surface area contributed by atoms with Crippen molar-refractivity contribution in [2.45, 2.75) is 20.0 Å². The summed E-state index contributed by atoms with van der Waals surface area (Å²) in [5.74, 6) is 1.31. The van der Waals surface area contributed by atoms with Crippen molar-refractivity contribution in [3.05, 3.63) is 72.1 Å². The molecule has 4 aromatic rings. The van der Waals surface area contributed by atoms with Crippen LogP contribution in [0.2, 0.25) is 0 Å². The summed E-state index contributed by atoms with van der Waals surface area (Å²) in [6.07, 6.45) is 1.90. The summed E-state index contributed by atoms with van der Waals surface area (Å²) in [6, 6.07) is 22.1. The van der Waals surface area contributed by atoms with Crippen LogP contribution in [0.4, 0.5) is 0 Å². The number of allylic oxidation sites excluding steroid dienone is 1. The zero-order valence-corrected chi connectivity index (χ0v) is 15.2. The van der Waals surface area contributed by atoms with Crippen LogP contribution in [0.3, 0.4) is 0 Å². The molecule has 4 rings (SSSR count). The molecule has 0 spiro atoms. The first kappa shape index (κ1) is 16.9. The Hall–Kier alpha value is -3.58. The SMILES string of the molecule is CC(C)Oc1ccc2ccccc2c1/C=C(\C#N)c1nc2ccccc2[nH]1. The van der Waals surface area contributed by atoms with Gasteiger partial charge in [-0.2, -0.15) is 5.26 Å². The van der Waals surface area contributed by atoms with Crippen LogP contribution in [0.1, 0.15) is 25.2 Å². The topological polar surface area (TPSA) is 61.7 Å². The normalized spacial score (nSPS) is 11.9. The van der Waals surface area contributed by atoms with Gasteiger partial charge in [0, 0.05) is 5.56 Å². The number of nitrogens with one attached hydrogen (secondary N) is 1. The molecule has 0 atom stereocenters. The van der Waals surface area contributed by atoms with E-state index in [0.717, 1.165) is 33.1 Å². The molecule has 1 N–H and O–H groups in total. The number of H-pyrrole nitrogens is 1. The first-order valence-electron chi connectivity index (χ1n) is 8.91. The summed E-state index contributed by atoms with van der Waals surface area (Å²) in [5, 5.41) is 11.9. The Morgan fingerprint density at radius 2 is 1.85 bits per heavy atom. The van der Waals surface area contributed by atoms with Gasteiger partial charge < -0.3 is 9.72 Å². The summed E-state index contributed by atoms with van der Waals surface area (Å²) in [7, 11) is 0. The molecular formula is C23H19N3O. The van der Waals surface area contributed by atoms with E-state index in [4.69, 9.17) is 4.74 Å². The van der Waals surface area contributed by atoms with E-state index in [1.165, 1.54) is 0 Å². The maximum absolute atomic E-state index is 9.79. The molecule has 0 unspecified atom stereocenters. The molecule has 0 aliphatic heterocycles. The van der Waals surface area contributed by atoms with Crippen LogP contribution in [-0.2, 0) is 0 Å². The third-order valence-corrected chi connectivity index (χ3v) is 4.35. The Kier molecular flexibility index (Phi) is 4.35. The molecule has 0 bridgehead atoms. The zero-order valence-electron chi connectivity index (χ0n) is 15.2. The highest BCUT2D eigenvalue weighted by Crippen LogP contribution is 2.32. The quantitative estimate of drug-likeness (QED) is 0.488. The molecule has 0 aliphatic rings. The van der Waals surface area contributed by atoms with Crippen LogP contribution in [-0.4, -0.2) is 16.1 Å². The van der Waals surface area contributed by atoms with Gasteiger partial charge in [-0.1, -0.05) is 42.5 Å². The van der Waals surface area contributed by atoms with Crippen molar-refractivity contribution < 1.29 is 4.74 Å². The lowest BCUT2D eigenvalue weighted by atomic mass is 10.0.